The Morgan fingerprint density at radius 1 is 1.13 bits per heavy atom. The monoisotopic (exact) mass is 419 g/mol. The Morgan fingerprint density at radius 2 is 1.94 bits per heavy atom. The third-order valence-electron chi connectivity index (χ3n) is 6.60. The molecule has 1 unspecified atom stereocenters. The summed E-state index contributed by atoms with van der Waals surface area (Å²) in [6.07, 6.45) is 3.98. The molecule has 0 aliphatic carbocycles. The maximum Gasteiger partial charge on any atom is 0.224 e. The number of nitrogens with zero attached hydrogens (tertiary/aromatic N) is 4. The Balaban J connectivity index is 1.18. The fraction of sp³-hybridized carbons (Fsp3) is 0.375. The summed E-state index contributed by atoms with van der Waals surface area (Å²) >= 11 is 0. The fourth-order valence-electron chi connectivity index (χ4n) is 4.90. The van der Waals surface area contributed by atoms with Crippen molar-refractivity contribution in [2.24, 2.45) is 11.8 Å². The number of nitrogens with one attached hydrogen (secondary N) is 1. The Labute approximate surface area is 181 Å². The minimum absolute atomic E-state index is 0.0548. The molecule has 3 saturated heterocycles. The first-order chi connectivity index (χ1) is 15.2. The van der Waals surface area contributed by atoms with Gasteiger partial charge in [-0.3, -0.25) is 14.4 Å². The molecule has 3 fully saturated rings. The molecule has 1 N–H and O–H groups in total. The van der Waals surface area contributed by atoms with Gasteiger partial charge in [0.05, 0.1) is 18.7 Å². The molecule has 4 heterocycles. The third kappa shape index (κ3) is 4.37. The summed E-state index contributed by atoms with van der Waals surface area (Å²) in [5, 5.41) is 11.6. The van der Waals surface area contributed by atoms with Crippen molar-refractivity contribution in [3.05, 3.63) is 72.2 Å². The van der Waals surface area contributed by atoms with Crippen LogP contribution in [0.25, 0.3) is 11.3 Å². The summed E-state index contributed by atoms with van der Waals surface area (Å²) in [6, 6.07) is 16.7. The largest absolute Gasteiger partial charge is 0.352 e. The van der Waals surface area contributed by atoms with E-state index in [2.05, 4.69) is 20.5 Å². The van der Waals surface area contributed by atoms with Gasteiger partial charge in [-0.05, 0) is 55.1 Å². The highest BCUT2D eigenvalue weighted by Gasteiger charge is 2.43. The van der Waals surface area contributed by atoms with Crippen LogP contribution in [0.2, 0.25) is 0 Å². The zero-order chi connectivity index (χ0) is 21.2. The highest BCUT2D eigenvalue weighted by Crippen LogP contribution is 2.37. The number of benzene rings is 2. The number of hydrogen-bond acceptors (Lipinski definition) is 4. The van der Waals surface area contributed by atoms with Crippen molar-refractivity contribution in [3.63, 3.8) is 0 Å². The molecule has 1 amide bonds. The Kier molecular flexibility index (Phi) is 5.51. The van der Waals surface area contributed by atoms with E-state index in [1.165, 1.54) is 12.1 Å². The Bertz CT molecular complexity index is 1040. The number of rotatable bonds is 6. The lowest BCUT2D eigenvalue weighted by Crippen LogP contribution is -2.57. The van der Waals surface area contributed by atoms with Crippen molar-refractivity contribution >= 4 is 5.91 Å². The van der Waals surface area contributed by atoms with Crippen molar-refractivity contribution in [3.8, 4) is 11.3 Å². The van der Waals surface area contributed by atoms with Gasteiger partial charge in [-0.1, -0.05) is 35.5 Å². The average molecular weight is 420 g/mol. The first-order valence-corrected chi connectivity index (χ1v) is 10.9. The SMILES string of the molecule is O=C(NCc1ccccc1)[C@H]1CN2CC[C@H]1C[C@@H]2Cn1cc(-c2ccc(F)cc2)nn1. The standard InChI is InChI=1S/C24H26FN5O/c25-20-8-6-18(7-9-20)23-16-30(28-27-23)14-21-12-19-10-11-29(21)15-22(19)24(31)26-13-17-4-2-1-3-5-17/h1-9,16,19,21-22H,10-15H2,(H,26,31)/t19-,21+,22-/m0/s1. The molecule has 3 aromatic rings. The van der Waals surface area contributed by atoms with Gasteiger partial charge in [0.15, 0.2) is 0 Å². The molecule has 1 aromatic heterocycles. The van der Waals surface area contributed by atoms with Gasteiger partial charge in [-0.25, -0.2) is 4.39 Å². The summed E-state index contributed by atoms with van der Waals surface area (Å²) in [5.74, 6) is 0.367. The van der Waals surface area contributed by atoms with Crippen LogP contribution in [0.3, 0.4) is 0 Å². The van der Waals surface area contributed by atoms with E-state index in [4.69, 9.17) is 0 Å². The van der Waals surface area contributed by atoms with Crippen LogP contribution in [0.5, 0.6) is 0 Å². The molecule has 2 bridgehead atoms. The molecular weight excluding hydrogens is 393 g/mol. The second-order valence-corrected chi connectivity index (χ2v) is 8.58. The van der Waals surface area contributed by atoms with Crippen LogP contribution in [0.1, 0.15) is 18.4 Å². The van der Waals surface area contributed by atoms with Crippen molar-refractivity contribution in [2.45, 2.75) is 32.0 Å². The van der Waals surface area contributed by atoms with E-state index >= 15 is 0 Å². The van der Waals surface area contributed by atoms with Gasteiger partial charge in [0, 0.05) is 24.7 Å². The van der Waals surface area contributed by atoms with E-state index in [9.17, 15) is 9.18 Å². The van der Waals surface area contributed by atoms with Crippen molar-refractivity contribution < 1.29 is 9.18 Å². The number of amides is 1. The first-order valence-electron chi connectivity index (χ1n) is 10.9. The van der Waals surface area contributed by atoms with E-state index in [1.54, 1.807) is 12.1 Å². The Hall–Kier alpha value is -3.06. The molecular formula is C24H26FN5O. The number of carbonyl (C=O) groups is 1. The van der Waals surface area contributed by atoms with Gasteiger partial charge in [0.1, 0.15) is 11.5 Å². The van der Waals surface area contributed by atoms with Gasteiger partial charge in [-0.15, -0.1) is 5.10 Å². The minimum atomic E-state index is -0.260. The average Bonchev–Trinajstić information content (AvgIpc) is 3.27. The molecule has 0 radical (unpaired) electrons. The highest BCUT2D eigenvalue weighted by atomic mass is 19.1. The fourth-order valence-corrected chi connectivity index (χ4v) is 4.90. The van der Waals surface area contributed by atoms with Crippen LogP contribution >= 0.6 is 0 Å². The van der Waals surface area contributed by atoms with Crippen LogP contribution in [0, 0.1) is 17.7 Å². The molecule has 160 valence electrons. The molecule has 2 aromatic carbocycles. The molecule has 7 heteroatoms. The van der Waals surface area contributed by atoms with E-state index in [-0.39, 0.29) is 17.6 Å². The van der Waals surface area contributed by atoms with Crippen LogP contribution in [0.4, 0.5) is 4.39 Å². The predicted molar refractivity (Wildman–Crippen MR) is 115 cm³/mol. The van der Waals surface area contributed by atoms with Gasteiger partial charge < -0.3 is 5.32 Å². The highest BCUT2D eigenvalue weighted by molar-refractivity contribution is 5.79. The maximum absolute atomic E-state index is 13.2. The van der Waals surface area contributed by atoms with Gasteiger partial charge in [0.2, 0.25) is 5.91 Å². The normalized spacial score (nSPS) is 24.8. The maximum atomic E-state index is 13.2. The van der Waals surface area contributed by atoms with E-state index in [0.717, 1.165) is 49.3 Å². The van der Waals surface area contributed by atoms with Crippen molar-refractivity contribution in [1.82, 2.24) is 25.2 Å². The summed E-state index contributed by atoms with van der Waals surface area (Å²) < 4.78 is 15.0. The number of aromatic nitrogens is 3. The second kappa shape index (κ2) is 8.59. The van der Waals surface area contributed by atoms with Gasteiger partial charge >= 0.3 is 0 Å². The minimum Gasteiger partial charge on any atom is -0.352 e. The second-order valence-electron chi connectivity index (χ2n) is 8.58. The lowest BCUT2D eigenvalue weighted by atomic mass is 9.75. The molecule has 0 saturated carbocycles. The van der Waals surface area contributed by atoms with Crippen LogP contribution in [-0.4, -0.2) is 44.9 Å². The topological polar surface area (TPSA) is 63.1 Å². The van der Waals surface area contributed by atoms with Crippen LogP contribution < -0.4 is 5.32 Å². The molecule has 6 nitrogen and oxygen atoms in total. The quantitative estimate of drug-likeness (QED) is 0.667. The molecule has 6 rings (SSSR count). The number of piperidine rings is 3. The van der Waals surface area contributed by atoms with Gasteiger partial charge in [-0.2, -0.15) is 0 Å². The number of hydrogen-bond donors (Lipinski definition) is 1. The predicted octanol–water partition coefficient (Wildman–Crippen LogP) is 3.11. The van der Waals surface area contributed by atoms with E-state index in [1.807, 2.05) is 41.2 Å². The zero-order valence-electron chi connectivity index (χ0n) is 17.3. The lowest BCUT2D eigenvalue weighted by Gasteiger charge is -2.49. The zero-order valence-corrected chi connectivity index (χ0v) is 17.3. The summed E-state index contributed by atoms with van der Waals surface area (Å²) in [5.41, 5.74) is 2.72. The van der Waals surface area contributed by atoms with Crippen molar-refractivity contribution in [2.75, 3.05) is 13.1 Å². The summed E-state index contributed by atoms with van der Waals surface area (Å²) in [7, 11) is 0. The molecule has 4 atom stereocenters. The van der Waals surface area contributed by atoms with E-state index < -0.39 is 0 Å². The lowest BCUT2D eigenvalue weighted by molar-refractivity contribution is -0.133. The van der Waals surface area contributed by atoms with E-state index in [0.29, 0.717) is 18.5 Å². The number of carbonyl (C=O) groups excluding carboxylic acids is 1. The Morgan fingerprint density at radius 3 is 2.68 bits per heavy atom. The van der Waals surface area contributed by atoms with Crippen molar-refractivity contribution in [1.29, 1.82) is 0 Å². The first kappa shape index (κ1) is 19.9. The molecule has 3 aliphatic rings. The number of fused-ring (bicyclic) bond motifs is 3. The molecule has 0 spiro atoms. The molecule has 31 heavy (non-hydrogen) atoms. The summed E-state index contributed by atoms with van der Waals surface area (Å²) in [6.45, 7) is 3.16. The summed E-state index contributed by atoms with van der Waals surface area (Å²) in [4.78, 5) is 15.2. The van der Waals surface area contributed by atoms with Crippen LogP contribution in [0.15, 0.2) is 60.8 Å². The van der Waals surface area contributed by atoms with Gasteiger partial charge in [0.25, 0.3) is 0 Å². The van der Waals surface area contributed by atoms with Crippen LogP contribution in [-0.2, 0) is 17.9 Å². The molecule has 3 aliphatic heterocycles. The third-order valence-corrected chi connectivity index (χ3v) is 6.60. The number of halogens is 1. The smallest absolute Gasteiger partial charge is 0.224 e.